The lowest BCUT2D eigenvalue weighted by Crippen LogP contribution is -2.07. The van der Waals surface area contributed by atoms with Crippen LogP contribution in [0.4, 0.5) is 5.82 Å². The molecule has 0 unspecified atom stereocenters. The molecule has 0 aliphatic rings. The lowest BCUT2D eigenvalue weighted by molar-refractivity contribution is -0.114. The summed E-state index contributed by atoms with van der Waals surface area (Å²) in [5, 5.41) is 2.66. The first-order valence-electron chi connectivity index (χ1n) is 5.06. The smallest absolute Gasteiger partial charge is 0.222 e. The molecule has 0 aliphatic heterocycles. The van der Waals surface area contributed by atoms with Gasteiger partial charge in [0.25, 0.3) is 0 Å². The van der Waals surface area contributed by atoms with Crippen LogP contribution in [0.1, 0.15) is 6.92 Å². The van der Waals surface area contributed by atoms with Gasteiger partial charge in [-0.25, -0.2) is 4.98 Å². The lowest BCUT2D eigenvalue weighted by Gasteiger charge is -2.04. The number of carbonyl (C=O) groups excluding carboxylic acids is 1. The van der Waals surface area contributed by atoms with Gasteiger partial charge in [-0.2, -0.15) is 0 Å². The molecule has 0 saturated heterocycles. The Balaban J connectivity index is 2.33. The molecule has 0 spiro atoms. The second-order valence-electron chi connectivity index (χ2n) is 3.46. The van der Waals surface area contributed by atoms with Gasteiger partial charge in [0.05, 0.1) is 5.69 Å². The molecule has 0 fully saturated rings. The van der Waals surface area contributed by atoms with Gasteiger partial charge in [-0.15, -0.1) is 0 Å². The van der Waals surface area contributed by atoms with Crippen LogP contribution >= 0.6 is 0 Å². The topological polar surface area (TPSA) is 42.0 Å². The molecule has 1 aromatic heterocycles. The SMILES string of the molecule is CC(=O)Nc1cccc(-c2ccccc2)n1. The molecule has 0 bridgehead atoms. The number of aromatic nitrogens is 1. The number of nitrogens with one attached hydrogen (secondary N) is 1. The second-order valence-corrected chi connectivity index (χ2v) is 3.46. The van der Waals surface area contributed by atoms with Crippen molar-refractivity contribution < 1.29 is 4.79 Å². The van der Waals surface area contributed by atoms with E-state index >= 15 is 0 Å². The van der Waals surface area contributed by atoms with Gasteiger partial charge in [0.1, 0.15) is 5.82 Å². The monoisotopic (exact) mass is 212 g/mol. The predicted octanol–water partition coefficient (Wildman–Crippen LogP) is 2.71. The molecule has 3 nitrogen and oxygen atoms in total. The van der Waals surface area contributed by atoms with Crippen LogP contribution in [0.3, 0.4) is 0 Å². The molecule has 1 aromatic carbocycles. The summed E-state index contributed by atoms with van der Waals surface area (Å²) in [6.07, 6.45) is 0. The zero-order chi connectivity index (χ0) is 11.4. The number of pyridine rings is 1. The van der Waals surface area contributed by atoms with Crippen molar-refractivity contribution >= 4 is 11.7 Å². The van der Waals surface area contributed by atoms with E-state index in [0.717, 1.165) is 11.3 Å². The summed E-state index contributed by atoms with van der Waals surface area (Å²) in [4.78, 5) is 15.3. The van der Waals surface area contributed by atoms with E-state index in [-0.39, 0.29) is 5.91 Å². The maximum atomic E-state index is 10.9. The minimum atomic E-state index is -0.113. The molecule has 0 saturated carbocycles. The number of amides is 1. The second kappa shape index (κ2) is 4.57. The highest BCUT2D eigenvalue weighted by atomic mass is 16.1. The first-order chi connectivity index (χ1) is 7.75. The summed E-state index contributed by atoms with van der Waals surface area (Å²) >= 11 is 0. The van der Waals surface area contributed by atoms with Gasteiger partial charge in [-0.3, -0.25) is 4.79 Å². The van der Waals surface area contributed by atoms with E-state index in [4.69, 9.17) is 0 Å². The highest BCUT2D eigenvalue weighted by Gasteiger charge is 2.00. The molecule has 80 valence electrons. The van der Waals surface area contributed by atoms with Gasteiger partial charge >= 0.3 is 0 Å². The molecule has 3 heteroatoms. The van der Waals surface area contributed by atoms with Crippen LogP contribution in [0.2, 0.25) is 0 Å². The van der Waals surface area contributed by atoms with E-state index in [2.05, 4.69) is 10.3 Å². The zero-order valence-electron chi connectivity index (χ0n) is 8.97. The summed E-state index contributed by atoms with van der Waals surface area (Å²) in [6, 6.07) is 15.4. The van der Waals surface area contributed by atoms with Crippen molar-refractivity contribution in [1.82, 2.24) is 4.98 Å². The standard InChI is InChI=1S/C13H12N2O/c1-10(16)14-13-9-5-8-12(15-13)11-6-3-2-4-7-11/h2-9H,1H3,(H,14,15,16). The zero-order valence-corrected chi connectivity index (χ0v) is 8.97. The molecular weight excluding hydrogens is 200 g/mol. The first-order valence-corrected chi connectivity index (χ1v) is 5.06. The fraction of sp³-hybridized carbons (Fsp3) is 0.0769. The predicted molar refractivity (Wildman–Crippen MR) is 64.0 cm³/mol. The minimum Gasteiger partial charge on any atom is -0.311 e. The van der Waals surface area contributed by atoms with Crippen molar-refractivity contribution in [3.8, 4) is 11.3 Å². The molecule has 0 aliphatic carbocycles. The highest BCUT2D eigenvalue weighted by Crippen LogP contribution is 2.17. The highest BCUT2D eigenvalue weighted by molar-refractivity contribution is 5.87. The number of nitrogens with zero attached hydrogens (tertiary/aromatic N) is 1. The van der Waals surface area contributed by atoms with Crippen LogP contribution in [0.5, 0.6) is 0 Å². The first kappa shape index (κ1) is 10.4. The van der Waals surface area contributed by atoms with E-state index < -0.39 is 0 Å². The van der Waals surface area contributed by atoms with E-state index in [0.29, 0.717) is 5.82 Å². The third kappa shape index (κ3) is 2.45. The van der Waals surface area contributed by atoms with Gasteiger partial charge in [0, 0.05) is 12.5 Å². The third-order valence-electron chi connectivity index (χ3n) is 2.12. The summed E-state index contributed by atoms with van der Waals surface area (Å²) in [7, 11) is 0. The molecule has 1 N–H and O–H groups in total. The van der Waals surface area contributed by atoms with Crippen molar-refractivity contribution in [1.29, 1.82) is 0 Å². The molecule has 2 rings (SSSR count). The molecule has 2 aromatic rings. The Morgan fingerprint density at radius 1 is 1.06 bits per heavy atom. The Labute approximate surface area is 94.1 Å². The van der Waals surface area contributed by atoms with Gasteiger partial charge < -0.3 is 5.32 Å². The molecule has 1 amide bonds. The van der Waals surface area contributed by atoms with Crippen LogP contribution in [-0.2, 0) is 4.79 Å². The van der Waals surface area contributed by atoms with Gasteiger partial charge in [-0.1, -0.05) is 36.4 Å². The molecular formula is C13H12N2O. The summed E-state index contributed by atoms with van der Waals surface area (Å²) < 4.78 is 0. The van der Waals surface area contributed by atoms with Gasteiger partial charge in [0.15, 0.2) is 0 Å². The Morgan fingerprint density at radius 2 is 1.81 bits per heavy atom. The third-order valence-corrected chi connectivity index (χ3v) is 2.12. The van der Waals surface area contributed by atoms with Gasteiger partial charge in [0.2, 0.25) is 5.91 Å². The molecule has 16 heavy (non-hydrogen) atoms. The fourth-order valence-corrected chi connectivity index (χ4v) is 1.45. The minimum absolute atomic E-state index is 0.113. The number of hydrogen-bond donors (Lipinski definition) is 1. The van der Waals surface area contributed by atoms with Gasteiger partial charge in [-0.05, 0) is 12.1 Å². The van der Waals surface area contributed by atoms with Crippen LogP contribution in [0.15, 0.2) is 48.5 Å². The largest absolute Gasteiger partial charge is 0.311 e. The normalized spacial score (nSPS) is 9.81. The Bertz CT molecular complexity index is 494. The summed E-state index contributed by atoms with van der Waals surface area (Å²) in [5.41, 5.74) is 1.89. The van der Waals surface area contributed by atoms with Crippen molar-refractivity contribution in [2.24, 2.45) is 0 Å². The van der Waals surface area contributed by atoms with E-state index in [1.807, 2.05) is 42.5 Å². The number of hydrogen-bond acceptors (Lipinski definition) is 2. The van der Waals surface area contributed by atoms with Crippen LogP contribution in [-0.4, -0.2) is 10.9 Å². The van der Waals surface area contributed by atoms with Crippen molar-refractivity contribution in [3.63, 3.8) is 0 Å². The number of carbonyl (C=O) groups is 1. The summed E-state index contributed by atoms with van der Waals surface area (Å²) in [5.74, 6) is 0.464. The fourth-order valence-electron chi connectivity index (χ4n) is 1.45. The number of rotatable bonds is 2. The molecule has 1 heterocycles. The Kier molecular flexibility index (Phi) is 2.96. The van der Waals surface area contributed by atoms with E-state index in [1.165, 1.54) is 6.92 Å². The molecule has 0 atom stereocenters. The van der Waals surface area contributed by atoms with Crippen molar-refractivity contribution in [3.05, 3.63) is 48.5 Å². The number of anilines is 1. The van der Waals surface area contributed by atoms with Crippen LogP contribution in [0, 0.1) is 0 Å². The maximum absolute atomic E-state index is 10.9. The van der Waals surface area contributed by atoms with E-state index in [9.17, 15) is 4.79 Å². The quantitative estimate of drug-likeness (QED) is 0.831. The maximum Gasteiger partial charge on any atom is 0.222 e. The average Bonchev–Trinajstić information content (AvgIpc) is 2.30. The number of benzene rings is 1. The average molecular weight is 212 g/mol. The Morgan fingerprint density at radius 3 is 2.50 bits per heavy atom. The van der Waals surface area contributed by atoms with Crippen LogP contribution < -0.4 is 5.32 Å². The Hall–Kier alpha value is -2.16. The van der Waals surface area contributed by atoms with Crippen LogP contribution in [0.25, 0.3) is 11.3 Å². The van der Waals surface area contributed by atoms with E-state index in [1.54, 1.807) is 6.07 Å². The molecule has 0 radical (unpaired) electrons. The van der Waals surface area contributed by atoms with Crippen molar-refractivity contribution in [2.45, 2.75) is 6.92 Å². The van der Waals surface area contributed by atoms with Crippen molar-refractivity contribution in [2.75, 3.05) is 5.32 Å². The lowest BCUT2D eigenvalue weighted by atomic mass is 10.1. The summed E-state index contributed by atoms with van der Waals surface area (Å²) in [6.45, 7) is 1.47.